The van der Waals surface area contributed by atoms with Crippen molar-refractivity contribution in [1.82, 2.24) is 9.80 Å². The molecule has 0 spiro atoms. The molecule has 0 aromatic heterocycles. The van der Waals surface area contributed by atoms with E-state index in [0.717, 1.165) is 26.2 Å². The highest BCUT2D eigenvalue weighted by molar-refractivity contribution is 7.99. The standard InChI is InChI=1S/C21H26N2S2/c1-3-7-19(8-4-1)21(20-9-5-2-6-10-20,22-11-15-24-16-12-22)23-13-17-25-18-14-23/h1-10H,11-18H2. The lowest BCUT2D eigenvalue weighted by Crippen LogP contribution is -2.62. The van der Waals surface area contributed by atoms with Gasteiger partial charge in [0, 0.05) is 49.2 Å². The van der Waals surface area contributed by atoms with Gasteiger partial charge in [-0.1, -0.05) is 60.7 Å². The molecule has 0 bridgehead atoms. The Balaban J connectivity index is 1.89. The summed E-state index contributed by atoms with van der Waals surface area (Å²) in [6.07, 6.45) is 0. The summed E-state index contributed by atoms with van der Waals surface area (Å²) in [6.45, 7) is 4.60. The smallest absolute Gasteiger partial charge is 0.126 e. The van der Waals surface area contributed by atoms with E-state index >= 15 is 0 Å². The molecule has 4 rings (SSSR count). The number of hydrogen-bond acceptors (Lipinski definition) is 4. The molecule has 0 unspecified atom stereocenters. The predicted octanol–water partition coefficient (Wildman–Crippen LogP) is 3.99. The normalized spacial score (nSPS) is 20.5. The molecule has 25 heavy (non-hydrogen) atoms. The highest BCUT2D eigenvalue weighted by Gasteiger charge is 2.46. The molecule has 132 valence electrons. The van der Waals surface area contributed by atoms with Gasteiger partial charge >= 0.3 is 0 Å². The van der Waals surface area contributed by atoms with Gasteiger partial charge in [0.25, 0.3) is 0 Å². The third kappa shape index (κ3) is 3.37. The van der Waals surface area contributed by atoms with Crippen molar-refractivity contribution in [2.75, 3.05) is 49.2 Å². The molecule has 0 saturated carbocycles. The summed E-state index contributed by atoms with van der Waals surface area (Å²) in [5.74, 6) is 4.90. The van der Waals surface area contributed by atoms with Crippen LogP contribution in [0.1, 0.15) is 11.1 Å². The molecule has 0 N–H and O–H groups in total. The Morgan fingerprint density at radius 3 is 1.28 bits per heavy atom. The van der Waals surface area contributed by atoms with Crippen molar-refractivity contribution in [1.29, 1.82) is 0 Å². The van der Waals surface area contributed by atoms with Crippen LogP contribution in [0, 0.1) is 0 Å². The van der Waals surface area contributed by atoms with Gasteiger partial charge in [-0.25, -0.2) is 0 Å². The Hall–Kier alpha value is -0.940. The third-order valence-corrected chi connectivity index (χ3v) is 7.18. The molecular formula is C21H26N2S2. The first-order chi connectivity index (χ1) is 12.4. The van der Waals surface area contributed by atoms with Crippen LogP contribution in [0.5, 0.6) is 0 Å². The summed E-state index contributed by atoms with van der Waals surface area (Å²) in [5, 5.41) is 0. The molecule has 2 nitrogen and oxygen atoms in total. The highest BCUT2D eigenvalue weighted by Crippen LogP contribution is 2.41. The Kier molecular flexibility index (Phi) is 5.71. The summed E-state index contributed by atoms with van der Waals surface area (Å²) in [5.41, 5.74) is 2.70. The molecule has 0 atom stereocenters. The van der Waals surface area contributed by atoms with Gasteiger partial charge in [0.15, 0.2) is 0 Å². The topological polar surface area (TPSA) is 6.48 Å². The van der Waals surface area contributed by atoms with Crippen molar-refractivity contribution in [3.63, 3.8) is 0 Å². The van der Waals surface area contributed by atoms with E-state index in [4.69, 9.17) is 0 Å². The Morgan fingerprint density at radius 1 is 0.560 bits per heavy atom. The molecule has 2 fully saturated rings. The molecule has 2 aromatic carbocycles. The van der Waals surface area contributed by atoms with E-state index in [2.05, 4.69) is 94.0 Å². The minimum atomic E-state index is -0.134. The van der Waals surface area contributed by atoms with Crippen molar-refractivity contribution in [2.45, 2.75) is 5.66 Å². The maximum absolute atomic E-state index is 2.74. The van der Waals surface area contributed by atoms with Gasteiger partial charge in [-0.3, -0.25) is 9.80 Å². The zero-order valence-electron chi connectivity index (χ0n) is 14.6. The van der Waals surface area contributed by atoms with Gasteiger partial charge in [0.1, 0.15) is 5.66 Å². The minimum absolute atomic E-state index is 0.134. The fourth-order valence-corrected chi connectivity index (χ4v) is 6.02. The Bertz CT molecular complexity index is 591. The van der Waals surface area contributed by atoms with E-state index < -0.39 is 0 Å². The molecule has 0 radical (unpaired) electrons. The fraction of sp³-hybridized carbons (Fsp3) is 0.429. The monoisotopic (exact) mass is 370 g/mol. The van der Waals surface area contributed by atoms with Crippen LogP contribution in [0.25, 0.3) is 0 Å². The lowest BCUT2D eigenvalue weighted by atomic mass is 9.87. The molecule has 0 aliphatic carbocycles. The largest absolute Gasteiger partial charge is 0.276 e. The van der Waals surface area contributed by atoms with Crippen LogP contribution in [0.15, 0.2) is 60.7 Å². The summed E-state index contributed by atoms with van der Waals surface area (Å²) in [4.78, 5) is 5.48. The number of benzene rings is 2. The molecule has 0 amide bonds. The van der Waals surface area contributed by atoms with Crippen LogP contribution in [0.4, 0.5) is 0 Å². The predicted molar refractivity (Wildman–Crippen MR) is 111 cm³/mol. The second-order valence-corrected chi connectivity index (χ2v) is 9.05. The van der Waals surface area contributed by atoms with Crippen LogP contribution >= 0.6 is 23.5 Å². The Labute approximate surface area is 160 Å². The average molecular weight is 371 g/mol. The average Bonchev–Trinajstić information content (AvgIpc) is 2.72. The SMILES string of the molecule is c1ccc(C(c2ccccc2)(N2CCSCC2)N2CCSCC2)cc1. The summed E-state index contributed by atoms with van der Waals surface area (Å²) in [7, 11) is 0. The van der Waals surface area contributed by atoms with Crippen LogP contribution in [0.3, 0.4) is 0 Å². The Morgan fingerprint density at radius 2 is 0.920 bits per heavy atom. The van der Waals surface area contributed by atoms with E-state index in [9.17, 15) is 0 Å². The number of nitrogens with zero attached hydrogens (tertiary/aromatic N) is 2. The molecular weight excluding hydrogens is 344 g/mol. The third-order valence-electron chi connectivity index (χ3n) is 5.29. The van der Waals surface area contributed by atoms with Crippen LogP contribution in [0.2, 0.25) is 0 Å². The maximum atomic E-state index is 2.74. The molecule has 2 saturated heterocycles. The van der Waals surface area contributed by atoms with E-state index in [0.29, 0.717) is 0 Å². The highest BCUT2D eigenvalue weighted by atomic mass is 32.2. The number of thioether (sulfide) groups is 2. The zero-order chi connectivity index (χ0) is 17.0. The van der Waals surface area contributed by atoms with Crippen LogP contribution < -0.4 is 0 Å². The molecule has 2 heterocycles. The van der Waals surface area contributed by atoms with Crippen molar-refractivity contribution in [2.24, 2.45) is 0 Å². The second-order valence-electron chi connectivity index (χ2n) is 6.60. The maximum Gasteiger partial charge on any atom is 0.126 e. The minimum Gasteiger partial charge on any atom is -0.276 e. The van der Waals surface area contributed by atoms with Gasteiger partial charge in [0.2, 0.25) is 0 Å². The fourth-order valence-electron chi connectivity index (χ4n) is 4.21. The summed E-state index contributed by atoms with van der Waals surface area (Å²) < 4.78 is 0. The van der Waals surface area contributed by atoms with E-state index in [1.807, 2.05) is 0 Å². The second kappa shape index (κ2) is 8.17. The zero-order valence-corrected chi connectivity index (χ0v) is 16.3. The molecule has 4 heteroatoms. The van der Waals surface area contributed by atoms with Crippen molar-refractivity contribution in [3.05, 3.63) is 71.8 Å². The summed E-state index contributed by atoms with van der Waals surface area (Å²) in [6, 6.07) is 22.4. The van der Waals surface area contributed by atoms with E-state index in [1.165, 1.54) is 34.1 Å². The van der Waals surface area contributed by atoms with Gasteiger partial charge in [-0.05, 0) is 11.1 Å². The lowest BCUT2D eigenvalue weighted by Gasteiger charge is -2.54. The van der Waals surface area contributed by atoms with Crippen molar-refractivity contribution in [3.8, 4) is 0 Å². The van der Waals surface area contributed by atoms with Gasteiger partial charge < -0.3 is 0 Å². The first-order valence-corrected chi connectivity index (χ1v) is 11.5. The van der Waals surface area contributed by atoms with Gasteiger partial charge in [-0.15, -0.1) is 0 Å². The number of hydrogen-bond donors (Lipinski definition) is 0. The number of rotatable bonds is 4. The molecule has 2 aromatic rings. The van der Waals surface area contributed by atoms with Gasteiger partial charge in [0.05, 0.1) is 0 Å². The molecule has 2 aliphatic heterocycles. The summed E-state index contributed by atoms with van der Waals surface area (Å²) >= 11 is 4.18. The van der Waals surface area contributed by atoms with E-state index in [-0.39, 0.29) is 5.66 Å². The van der Waals surface area contributed by atoms with Crippen molar-refractivity contribution < 1.29 is 0 Å². The molecule has 2 aliphatic rings. The van der Waals surface area contributed by atoms with Crippen LogP contribution in [-0.4, -0.2) is 59.0 Å². The lowest BCUT2D eigenvalue weighted by molar-refractivity contribution is -0.0225. The van der Waals surface area contributed by atoms with Gasteiger partial charge in [-0.2, -0.15) is 23.5 Å². The van der Waals surface area contributed by atoms with E-state index in [1.54, 1.807) is 0 Å². The quantitative estimate of drug-likeness (QED) is 0.802. The van der Waals surface area contributed by atoms with Crippen LogP contribution in [-0.2, 0) is 5.66 Å². The first-order valence-electron chi connectivity index (χ1n) is 9.19. The van der Waals surface area contributed by atoms with Crippen molar-refractivity contribution >= 4 is 23.5 Å². The first kappa shape index (κ1) is 17.5.